The first-order chi connectivity index (χ1) is 7.31. The van der Waals surface area contributed by atoms with Gasteiger partial charge in [-0.25, -0.2) is 4.79 Å². The molecular weight excluding hydrogens is 188 g/mol. The zero-order valence-electron chi connectivity index (χ0n) is 9.50. The van der Waals surface area contributed by atoms with Crippen molar-refractivity contribution in [3.63, 3.8) is 0 Å². The standard InChI is InChI=1S/C13H20O2/c1-2-15-13(14)9-12-10-5-3-6-11(12)8-4-7-10/h9-11H,2-8H2,1H3. The van der Waals surface area contributed by atoms with Crippen molar-refractivity contribution < 1.29 is 9.53 Å². The van der Waals surface area contributed by atoms with Gasteiger partial charge in [-0.05, 0) is 44.4 Å². The molecule has 0 radical (unpaired) electrons. The Morgan fingerprint density at radius 1 is 1.27 bits per heavy atom. The van der Waals surface area contributed by atoms with Crippen LogP contribution in [0.4, 0.5) is 0 Å². The van der Waals surface area contributed by atoms with Gasteiger partial charge >= 0.3 is 5.97 Å². The molecule has 0 aromatic rings. The zero-order chi connectivity index (χ0) is 10.7. The van der Waals surface area contributed by atoms with E-state index in [9.17, 15) is 4.79 Å². The predicted molar refractivity (Wildman–Crippen MR) is 59.4 cm³/mol. The molecule has 84 valence electrons. The fourth-order valence-electron chi connectivity index (χ4n) is 3.07. The summed E-state index contributed by atoms with van der Waals surface area (Å²) in [6.07, 6.45) is 9.59. The molecule has 0 spiro atoms. The fourth-order valence-corrected chi connectivity index (χ4v) is 3.07. The van der Waals surface area contributed by atoms with Crippen molar-refractivity contribution in [2.24, 2.45) is 11.8 Å². The third-order valence-corrected chi connectivity index (χ3v) is 3.72. The van der Waals surface area contributed by atoms with Crippen LogP contribution in [0.25, 0.3) is 0 Å². The van der Waals surface area contributed by atoms with Crippen LogP contribution in [0.5, 0.6) is 0 Å². The maximum atomic E-state index is 11.4. The average Bonchev–Trinajstić information content (AvgIpc) is 2.17. The number of hydrogen-bond donors (Lipinski definition) is 0. The minimum absolute atomic E-state index is 0.133. The first kappa shape index (κ1) is 10.7. The molecule has 2 saturated carbocycles. The van der Waals surface area contributed by atoms with Gasteiger partial charge in [0.2, 0.25) is 0 Å². The van der Waals surface area contributed by atoms with Crippen molar-refractivity contribution in [1.29, 1.82) is 0 Å². The summed E-state index contributed by atoms with van der Waals surface area (Å²) in [6.45, 7) is 2.34. The Morgan fingerprint density at radius 2 is 1.80 bits per heavy atom. The van der Waals surface area contributed by atoms with E-state index in [1.807, 2.05) is 6.92 Å². The van der Waals surface area contributed by atoms with E-state index in [0.29, 0.717) is 18.4 Å². The molecule has 0 heterocycles. The second-order valence-corrected chi connectivity index (χ2v) is 4.65. The van der Waals surface area contributed by atoms with Gasteiger partial charge in [0.05, 0.1) is 6.61 Å². The molecule has 0 unspecified atom stereocenters. The van der Waals surface area contributed by atoms with Crippen molar-refractivity contribution in [2.45, 2.75) is 45.4 Å². The van der Waals surface area contributed by atoms with Gasteiger partial charge in [-0.2, -0.15) is 0 Å². The number of hydrogen-bond acceptors (Lipinski definition) is 2. The second-order valence-electron chi connectivity index (χ2n) is 4.65. The molecule has 0 aliphatic heterocycles. The first-order valence-corrected chi connectivity index (χ1v) is 6.19. The summed E-state index contributed by atoms with van der Waals surface area (Å²) in [5.74, 6) is 1.23. The summed E-state index contributed by atoms with van der Waals surface area (Å²) >= 11 is 0. The number of ether oxygens (including phenoxy) is 1. The molecule has 2 heteroatoms. The Kier molecular flexibility index (Phi) is 3.45. The molecule has 0 N–H and O–H groups in total. The number of carbonyl (C=O) groups is 1. The number of rotatable bonds is 2. The van der Waals surface area contributed by atoms with Crippen LogP contribution in [0, 0.1) is 11.8 Å². The lowest BCUT2D eigenvalue weighted by Gasteiger charge is -2.37. The lowest BCUT2D eigenvalue weighted by atomic mass is 9.68. The van der Waals surface area contributed by atoms with Crippen LogP contribution in [-0.2, 0) is 9.53 Å². The average molecular weight is 208 g/mol. The van der Waals surface area contributed by atoms with E-state index in [1.54, 1.807) is 6.08 Å². The number of esters is 1. The van der Waals surface area contributed by atoms with Gasteiger partial charge in [0.15, 0.2) is 0 Å². The van der Waals surface area contributed by atoms with Gasteiger partial charge in [0.1, 0.15) is 0 Å². The SMILES string of the molecule is CCOC(=O)C=C1C2CCCC1CCC2. The molecule has 2 aliphatic rings. The van der Waals surface area contributed by atoms with Crippen molar-refractivity contribution in [1.82, 2.24) is 0 Å². The van der Waals surface area contributed by atoms with Crippen LogP contribution in [0.15, 0.2) is 11.6 Å². The summed E-state index contributed by atoms with van der Waals surface area (Å²) in [5.41, 5.74) is 1.39. The highest BCUT2D eigenvalue weighted by molar-refractivity contribution is 5.83. The molecule has 2 rings (SSSR count). The quantitative estimate of drug-likeness (QED) is 0.515. The van der Waals surface area contributed by atoms with Crippen LogP contribution in [0.3, 0.4) is 0 Å². The van der Waals surface area contributed by atoms with Gasteiger partial charge in [-0.3, -0.25) is 0 Å². The molecule has 2 fully saturated rings. The molecule has 2 aliphatic carbocycles. The highest BCUT2D eigenvalue weighted by Crippen LogP contribution is 2.43. The van der Waals surface area contributed by atoms with E-state index >= 15 is 0 Å². The Hall–Kier alpha value is -0.790. The third kappa shape index (κ3) is 2.42. The Bertz CT molecular complexity index is 244. The van der Waals surface area contributed by atoms with Crippen LogP contribution in [0.2, 0.25) is 0 Å². The van der Waals surface area contributed by atoms with Crippen molar-refractivity contribution >= 4 is 5.97 Å². The second kappa shape index (κ2) is 4.82. The fraction of sp³-hybridized carbons (Fsp3) is 0.769. The lowest BCUT2D eigenvalue weighted by molar-refractivity contribution is -0.137. The monoisotopic (exact) mass is 208 g/mol. The van der Waals surface area contributed by atoms with Crippen LogP contribution in [-0.4, -0.2) is 12.6 Å². The largest absolute Gasteiger partial charge is 0.463 e. The smallest absolute Gasteiger partial charge is 0.330 e. The zero-order valence-corrected chi connectivity index (χ0v) is 9.50. The topological polar surface area (TPSA) is 26.3 Å². The minimum atomic E-state index is -0.133. The summed E-state index contributed by atoms with van der Waals surface area (Å²) < 4.78 is 4.99. The highest BCUT2D eigenvalue weighted by atomic mass is 16.5. The van der Waals surface area contributed by atoms with Crippen LogP contribution < -0.4 is 0 Å². The van der Waals surface area contributed by atoms with Crippen molar-refractivity contribution in [3.05, 3.63) is 11.6 Å². The third-order valence-electron chi connectivity index (χ3n) is 3.72. The molecule has 2 bridgehead atoms. The molecule has 2 nitrogen and oxygen atoms in total. The summed E-state index contributed by atoms with van der Waals surface area (Å²) in [6, 6.07) is 0. The van der Waals surface area contributed by atoms with E-state index in [1.165, 1.54) is 44.1 Å². The number of allylic oxidation sites excluding steroid dienone is 1. The molecule has 0 amide bonds. The molecular formula is C13H20O2. The summed E-state index contributed by atoms with van der Waals surface area (Å²) in [4.78, 5) is 11.4. The Labute approximate surface area is 91.7 Å². The minimum Gasteiger partial charge on any atom is -0.463 e. The van der Waals surface area contributed by atoms with E-state index in [4.69, 9.17) is 4.74 Å². The van der Waals surface area contributed by atoms with Gasteiger partial charge < -0.3 is 4.74 Å². The van der Waals surface area contributed by atoms with E-state index in [0.717, 1.165) is 0 Å². The van der Waals surface area contributed by atoms with E-state index in [-0.39, 0.29) is 5.97 Å². The normalized spacial score (nSPS) is 29.8. The summed E-state index contributed by atoms with van der Waals surface area (Å²) in [5, 5.41) is 0. The van der Waals surface area contributed by atoms with Crippen LogP contribution in [0.1, 0.15) is 45.4 Å². The van der Waals surface area contributed by atoms with Gasteiger partial charge in [0, 0.05) is 6.08 Å². The van der Waals surface area contributed by atoms with Crippen molar-refractivity contribution in [2.75, 3.05) is 6.61 Å². The lowest BCUT2D eigenvalue weighted by Crippen LogP contribution is -2.25. The van der Waals surface area contributed by atoms with E-state index in [2.05, 4.69) is 0 Å². The Balaban J connectivity index is 2.08. The van der Waals surface area contributed by atoms with Crippen molar-refractivity contribution in [3.8, 4) is 0 Å². The Morgan fingerprint density at radius 3 is 2.27 bits per heavy atom. The van der Waals surface area contributed by atoms with Gasteiger partial charge in [-0.1, -0.05) is 18.4 Å². The molecule has 0 aromatic heterocycles. The predicted octanol–water partition coefficient (Wildman–Crippen LogP) is 3.08. The molecule has 15 heavy (non-hydrogen) atoms. The molecule has 0 saturated heterocycles. The maximum Gasteiger partial charge on any atom is 0.330 e. The summed E-state index contributed by atoms with van der Waals surface area (Å²) in [7, 11) is 0. The number of fused-ring (bicyclic) bond motifs is 2. The van der Waals surface area contributed by atoms with Crippen LogP contribution >= 0.6 is 0 Å². The highest BCUT2D eigenvalue weighted by Gasteiger charge is 2.31. The molecule has 0 atom stereocenters. The van der Waals surface area contributed by atoms with Gasteiger partial charge in [0.25, 0.3) is 0 Å². The first-order valence-electron chi connectivity index (χ1n) is 6.19. The number of carbonyl (C=O) groups excluding carboxylic acids is 1. The maximum absolute atomic E-state index is 11.4. The van der Waals surface area contributed by atoms with Gasteiger partial charge in [-0.15, -0.1) is 0 Å². The van der Waals surface area contributed by atoms with E-state index < -0.39 is 0 Å². The molecule has 0 aromatic carbocycles.